The number of carbonyl (C=O) groups excluding carboxylic acids is 1. The summed E-state index contributed by atoms with van der Waals surface area (Å²) in [5.41, 5.74) is 3.56. The zero-order valence-corrected chi connectivity index (χ0v) is 13.9. The van der Waals surface area contributed by atoms with Crippen molar-refractivity contribution in [1.82, 2.24) is 14.7 Å². The first kappa shape index (κ1) is 14.7. The monoisotopic (exact) mass is 329 g/mol. The highest BCUT2D eigenvalue weighted by Crippen LogP contribution is 2.31. The number of esters is 1. The molecule has 0 saturated heterocycles. The molecule has 120 valence electrons. The van der Waals surface area contributed by atoms with E-state index in [1.165, 1.54) is 16.1 Å². The fraction of sp³-hybridized carbons (Fsp3) is 0.412. The standard InChI is InChI=1S/C17H19N3O2S/c1-2-22-16(21)8-7-11-9-14-15(10-18-11)23-17-19-12-5-3-4-6-13(12)20(14)17/h3-6,11,18H,2,7-10H2,1H3. The predicted molar refractivity (Wildman–Crippen MR) is 90.8 cm³/mol. The van der Waals surface area contributed by atoms with Gasteiger partial charge in [0.15, 0.2) is 4.96 Å². The molecule has 0 saturated carbocycles. The predicted octanol–water partition coefficient (Wildman–Crippen LogP) is 2.91. The van der Waals surface area contributed by atoms with Gasteiger partial charge in [0, 0.05) is 36.0 Å². The Morgan fingerprint density at radius 2 is 2.35 bits per heavy atom. The van der Waals surface area contributed by atoms with E-state index < -0.39 is 0 Å². The lowest BCUT2D eigenvalue weighted by atomic mass is 10.0. The molecule has 5 nitrogen and oxygen atoms in total. The summed E-state index contributed by atoms with van der Waals surface area (Å²) in [4.78, 5) is 18.7. The highest BCUT2D eigenvalue weighted by Gasteiger charge is 2.24. The number of rotatable bonds is 4. The van der Waals surface area contributed by atoms with Crippen molar-refractivity contribution in [3.63, 3.8) is 0 Å². The van der Waals surface area contributed by atoms with Crippen molar-refractivity contribution < 1.29 is 9.53 Å². The fourth-order valence-electron chi connectivity index (χ4n) is 3.24. The van der Waals surface area contributed by atoms with Crippen LogP contribution in [0.15, 0.2) is 24.3 Å². The van der Waals surface area contributed by atoms with Crippen molar-refractivity contribution in [2.75, 3.05) is 6.61 Å². The van der Waals surface area contributed by atoms with E-state index in [2.05, 4.69) is 27.9 Å². The third-order valence-electron chi connectivity index (χ3n) is 4.33. The summed E-state index contributed by atoms with van der Waals surface area (Å²) in [6.45, 7) is 3.15. The Hall–Kier alpha value is -1.92. The van der Waals surface area contributed by atoms with E-state index in [0.29, 0.717) is 19.1 Å². The third-order valence-corrected chi connectivity index (χ3v) is 5.41. The normalized spacial score (nSPS) is 17.5. The minimum Gasteiger partial charge on any atom is -0.466 e. The summed E-state index contributed by atoms with van der Waals surface area (Å²) >= 11 is 1.76. The van der Waals surface area contributed by atoms with E-state index in [-0.39, 0.29) is 5.97 Å². The third kappa shape index (κ3) is 2.62. The highest BCUT2D eigenvalue weighted by atomic mass is 32.1. The van der Waals surface area contributed by atoms with Gasteiger partial charge in [0.2, 0.25) is 0 Å². The maximum absolute atomic E-state index is 11.6. The quantitative estimate of drug-likeness (QED) is 0.748. The number of ether oxygens (including phenoxy) is 1. The lowest BCUT2D eigenvalue weighted by Gasteiger charge is -2.23. The second-order valence-electron chi connectivity index (χ2n) is 5.82. The first-order chi connectivity index (χ1) is 11.3. The molecule has 2 aromatic heterocycles. The second kappa shape index (κ2) is 5.94. The molecule has 0 fully saturated rings. The van der Waals surface area contributed by atoms with Crippen molar-refractivity contribution in [2.45, 2.75) is 38.8 Å². The van der Waals surface area contributed by atoms with Crippen LogP contribution < -0.4 is 5.32 Å². The Kier molecular flexibility index (Phi) is 3.79. The number of benzene rings is 1. The molecule has 3 heterocycles. The molecule has 0 amide bonds. The van der Waals surface area contributed by atoms with Crippen LogP contribution in [-0.4, -0.2) is 28.0 Å². The molecule has 4 rings (SSSR count). The summed E-state index contributed by atoms with van der Waals surface area (Å²) in [7, 11) is 0. The molecule has 1 unspecified atom stereocenters. The van der Waals surface area contributed by atoms with Crippen molar-refractivity contribution in [2.24, 2.45) is 0 Å². The van der Waals surface area contributed by atoms with Crippen LogP contribution in [0.1, 0.15) is 30.3 Å². The topological polar surface area (TPSA) is 55.6 Å². The van der Waals surface area contributed by atoms with E-state index >= 15 is 0 Å². The van der Waals surface area contributed by atoms with E-state index in [9.17, 15) is 4.79 Å². The SMILES string of the molecule is CCOC(=O)CCC1Cc2c(sc3nc4ccccc4n23)CN1. The summed E-state index contributed by atoms with van der Waals surface area (Å²) in [6.07, 6.45) is 2.20. The molecule has 1 aliphatic heterocycles. The van der Waals surface area contributed by atoms with E-state index in [0.717, 1.165) is 29.9 Å². The second-order valence-corrected chi connectivity index (χ2v) is 6.88. The number of nitrogens with zero attached hydrogens (tertiary/aromatic N) is 2. The molecule has 1 atom stereocenters. The molecule has 6 heteroatoms. The molecule has 23 heavy (non-hydrogen) atoms. The largest absolute Gasteiger partial charge is 0.466 e. The average Bonchev–Trinajstić information content (AvgIpc) is 3.08. The number of aromatic nitrogens is 2. The van der Waals surface area contributed by atoms with E-state index in [1.54, 1.807) is 11.3 Å². The molecular formula is C17H19N3O2S. The summed E-state index contributed by atoms with van der Waals surface area (Å²) in [5.74, 6) is -0.108. The maximum atomic E-state index is 11.6. The number of thiazole rings is 1. The average molecular weight is 329 g/mol. The van der Waals surface area contributed by atoms with Gasteiger partial charge in [0.1, 0.15) is 0 Å². The van der Waals surface area contributed by atoms with Gasteiger partial charge in [-0.25, -0.2) is 4.98 Å². The number of imidazole rings is 1. The van der Waals surface area contributed by atoms with Gasteiger partial charge in [-0.1, -0.05) is 23.5 Å². The Balaban J connectivity index is 1.60. The molecule has 3 aromatic rings. The Labute approximate surface area is 138 Å². The first-order valence-electron chi connectivity index (χ1n) is 8.03. The van der Waals surface area contributed by atoms with Crippen molar-refractivity contribution in [3.05, 3.63) is 34.8 Å². The number of hydrogen-bond donors (Lipinski definition) is 1. The van der Waals surface area contributed by atoms with Crippen LogP contribution >= 0.6 is 11.3 Å². The smallest absolute Gasteiger partial charge is 0.305 e. The highest BCUT2D eigenvalue weighted by molar-refractivity contribution is 7.17. The van der Waals surface area contributed by atoms with Gasteiger partial charge in [-0.15, -0.1) is 0 Å². The zero-order chi connectivity index (χ0) is 15.8. The van der Waals surface area contributed by atoms with Gasteiger partial charge >= 0.3 is 5.97 Å². The molecule has 0 spiro atoms. The van der Waals surface area contributed by atoms with Crippen molar-refractivity contribution >= 4 is 33.3 Å². The molecule has 1 aromatic carbocycles. The number of hydrogen-bond acceptors (Lipinski definition) is 5. The molecule has 0 aliphatic carbocycles. The Morgan fingerprint density at radius 1 is 1.48 bits per heavy atom. The van der Waals surface area contributed by atoms with Crippen molar-refractivity contribution in [1.29, 1.82) is 0 Å². The molecule has 1 aliphatic rings. The molecular weight excluding hydrogens is 310 g/mol. The molecule has 0 radical (unpaired) electrons. The van der Waals surface area contributed by atoms with Gasteiger partial charge in [-0.05, 0) is 25.5 Å². The minimum atomic E-state index is -0.108. The van der Waals surface area contributed by atoms with Crippen molar-refractivity contribution in [3.8, 4) is 0 Å². The van der Waals surface area contributed by atoms with Gasteiger partial charge in [0.05, 0.1) is 17.6 Å². The van der Waals surface area contributed by atoms with Gasteiger partial charge in [-0.2, -0.15) is 0 Å². The zero-order valence-electron chi connectivity index (χ0n) is 13.0. The van der Waals surface area contributed by atoms with E-state index in [1.807, 2.05) is 13.0 Å². The van der Waals surface area contributed by atoms with Gasteiger partial charge in [0.25, 0.3) is 0 Å². The Bertz CT molecular complexity index is 867. The van der Waals surface area contributed by atoms with Crippen LogP contribution in [0.2, 0.25) is 0 Å². The number of carbonyl (C=O) groups is 1. The van der Waals surface area contributed by atoms with Gasteiger partial charge < -0.3 is 10.1 Å². The van der Waals surface area contributed by atoms with Crippen LogP contribution in [0.3, 0.4) is 0 Å². The summed E-state index contributed by atoms with van der Waals surface area (Å²) in [5, 5.41) is 3.53. The Morgan fingerprint density at radius 3 is 3.22 bits per heavy atom. The number of fused-ring (bicyclic) bond motifs is 5. The lowest BCUT2D eigenvalue weighted by molar-refractivity contribution is -0.143. The van der Waals surface area contributed by atoms with E-state index in [4.69, 9.17) is 9.72 Å². The maximum Gasteiger partial charge on any atom is 0.305 e. The van der Waals surface area contributed by atoms with Crippen LogP contribution in [0, 0.1) is 0 Å². The summed E-state index contributed by atoms with van der Waals surface area (Å²) < 4.78 is 7.31. The minimum absolute atomic E-state index is 0.108. The van der Waals surface area contributed by atoms with Crippen LogP contribution in [0.5, 0.6) is 0 Å². The van der Waals surface area contributed by atoms with Crippen LogP contribution in [0.4, 0.5) is 0 Å². The number of para-hydroxylation sites is 2. The summed E-state index contributed by atoms with van der Waals surface area (Å²) in [6, 6.07) is 8.57. The first-order valence-corrected chi connectivity index (χ1v) is 8.84. The van der Waals surface area contributed by atoms with Gasteiger partial charge in [-0.3, -0.25) is 9.20 Å². The fourth-order valence-corrected chi connectivity index (χ4v) is 4.35. The molecule has 0 bridgehead atoms. The lowest BCUT2D eigenvalue weighted by Crippen LogP contribution is -2.36. The van der Waals surface area contributed by atoms with Crippen LogP contribution in [0.25, 0.3) is 16.0 Å². The van der Waals surface area contributed by atoms with Crippen LogP contribution in [-0.2, 0) is 22.5 Å². The number of nitrogens with one attached hydrogen (secondary N) is 1. The molecule has 1 N–H and O–H groups in total.